The number of halogens is 3. The highest BCUT2D eigenvalue weighted by Gasteiger charge is 2.31. The van der Waals surface area contributed by atoms with Crippen molar-refractivity contribution in [1.29, 1.82) is 0 Å². The Hall–Kier alpha value is -3.93. The number of para-hydroxylation sites is 1. The van der Waals surface area contributed by atoms with E-state index >= 15 is 0 Å². The minimum absolute atomic E-state index is 0.209. The number of hydrogen-bond donors (Lipinski definition) is 3. The SMILES string of the molecule is O=c1[nH]c2cccc(Oc3ccc(NS(=O)(=O)c4ccc(OC(F)(F)F)cc4)cc3)c2[nH]1. The number of ether oxygens (including phenoxy) is 2. The molecule has 0 unspecified atom stereocenters. The third-order valence-corrected chi connectivity index (χ3v) is 5.61. The lowest BCUT2D eigenvalue weighted by Crippen LogP contribution is -2.17. The number of imidazole rings is 1. The molecule has 3 N–H and O–H groups in total. The predicted octanol–water partition coefficient (Wildman–Crippen LogP) is 4.35. The van der Waals surface area contributed by atoms with Gasteiger partial charge >= 0.3 is 12.1 Å². The Bertz CT molecular complexity index is 1410. The first kappa shape index (κ1) is 21.3. The lowest BCUT2D eigenvalue weighted by Gasteiger charge is -2.11. The number of anilines is 1. The van der Waals surface area contributed by atoms with E-state index in [-0.39, 0.29) is 16.3 Å². The van der Waals surface area contributed by atoms with Crippen LogP contribution in [0.25, 0.3) is 11.0 Å². The van der Waals surface area contributed by atoms with Crippen molar-refractivity contribution in [3.05, 3.63) is 77.2 Å². The van der Waals surface area contributed by atoms with Crippen LogP contribution >= 0.6 is 0 Å². The number of H-pyrrole nitrogens is 2. The summed E-state index contributed by atoms with van der Waals surface area (Å²) in [6.07, 6.45) is -4.87. The zero-order chi connectivity index (χ0) is 22.9. The van der Waals surface area contributed by atoms with Crippen molar-refractivity contribution in [1.82, 2.24) is 9.97 Å². The first-order valence-corrected chi connectivity index (χ1v) is 10.4. The highest BCUT2D eigenvalue weighted by atomic mass is 32.2. The molecule has 8 nitrogen and oxygen atoms in total. The average Bonchev–Trinajstić information content (AvgIpc) is 3.10. The van der Waals surface area contributed by atoms with Crippen LogP contribution in [-0.2, 0) is 10.0 Å². The van der Waals surface area contributed by atoms with Crippen LogP contribution in [0.15, 0.2) is 76.4 Å². The largest absolute Gasteiger partial charge is 0.573 e. The molecule has 4 aromatic rings. The molecule has 0 spiro atoms. The van der Waals surface area contributed by atoms with Crippen LogP contribution < -0.4 is 19.9 Å². The summed E-state index contributed by atoms with van der Waals surface area (Å²) in [7, 11) is -4.04. The number of aromatic amines is 2. The van der Waals surface area contributed by atoms with Crippen molar-refractivity contribution in [3.63, 3.8) is 0 Å². The third kappa shape index (κ3) is 4.86. The number of benzene rings is 3. The molecule has 0 aliphatic heterocycles. The number of fused-ring (bicyclic) bond motifs is 1. The Morgan fingerprint density at radius 3 is 2.16 bits per heavy atom. The van der Waals surface area contributed by atoms with Crippen LogP contribution in [0.4, 0.5) is 18.9 Å². The molecular formula is C20H14F3N3O5S. The van der Waals surface area contributed by atoms with Crippen molar-refractivity contribution in [2.45, 2.75) is 11.3 Å². The number of sulfonamides is 1. The average molecular weight is 465 g/mol. The molecule has 0 saturated heterocycles. The molecule has 4 rings (SSSR count). The maximum Gasteiger partial charge on any atom is 0.573 e. The molecule has 1 aromatic heterocycles. The van der Waals surface area contributed by atoms with Crippen LogP contribution in [-0.4, -0.2) is 24.7 Å². The Kier molecular flexibility index (Phi) is 5.30. The first-order chi connectivity index (χ1) is 15.1. The normalized spacial score (nSPS) is 12.0. The van der Waals surface area contributed by atoms with Crippen molar-refractivity contribution < 1.29 is 31.1 Å². The second kappa shape index (κ2) is 7.96. The van der Waals surface area contributed by atoms with Gasteiger partial charge in [0.2, 0.25) is 0 Å². The molecule has 0 amide bonds. The third-order valence-electron chi connectivity index (χ3n) is 4.21. The lowest BCUT2D eigenvalue weighted by molar-refractivity contribution is -0.274. The maximum atomic E-state index is 12.5. The molecule has 0 fully saturated rings. The standard InChI is InChI=1S/C20H14F3N3O5S/c21-20(22,23)31-14-8-10-15(11-9-14)32(28,29)26-12-4-6-13(7-5-12)30-17-3-1-2-16-18(17)25-19(27)24-16/h1-11,26H,(H2,24,25,27). The highest BCUT2D eigenvalue weighted by Crippen LogP contribution is 2.29. The van der Waals surface area contributed by atoms with Gasteiger partial charge in [0.05, 0.1) is 10.4 Å². The van der Waals surface area contributed by atoms with E-state index in [1.165, 1.54) is 24.3 Å². The molecule has 3 aromatic carbocycles. The molecular weight excluding hydrogens is 451 g/mol. The predicted molar refractivity (Wildman–Crippen MR) is 109 cm³/mol. The summed E-state index contributed by atoms with van der Waals surface area (Å²) >= 11 is 0. The van der Waals surface area contributed by atoms with Gasteiger partial charge in [-0.1, -0.05) is 6.07 Å². The molecule has 0 saturated carbocycles. The fourth-order valence-corrected chi connectivity index (χ4v) is 3.93. The number of hydrogen-bond acceptors (Lipinski definition) is 5. The van der Waals surface area contributed by atoms with Gasteiger partial charge in [0.1, 0.15) is 17.0 Å². The molecule has 0 aliphatic rings. The van der Waals surface area contributed by atoms with Gasteiger partial charge in [-0.05, 0) is 60.7 Å². The smallest absolute Gasteiger partial charge is 0.455 e. The number of alkyl halides is 3. The minimum atomic E-state index is -4.87. The van der Waals surface area contributed by atoms with Crippen molar-refractivity contribution in [2.75, 3.05) is 4.72 Å². The monoisotopic (exact) mass is 465 g/mol. The van der Waals surface area contributed by atoms with Crippen molar-refractivity contribution in [3.8, 4) is 17.2 Å². The number of nitrogens with one attached hydrogen (secondary N) is 3. The molecule has 0 atom stereocenters. The van der Waals surface area contributed by atoms with Crippen molar-refractivity contribution >= 4 is 26.7 Å². The van der Waals surface area contributed by atoms with Gasteiger partial charge in [0, 0.05) is 5.69 Å². The summed E-state index contributed by atoms with van der Waals surface area (Å²) in [4.78, 5) is 16.5. The van der Waals surface area contributed by atoms with E-state index in [4.69, 9.17) is 4.74 Å². The molecule has 166 valence electrons. The highest BCUT2D eigenvalue weighted by molar-refractivity contribution is 7.92. The van der Waals surface area contributed by atoms with E-state index in [9.17, 15) is 26.4 Å². The molecule has 0 bridgehead atoms. The van der Waals surface area contributed by atoms with Gasteiger partial charge in [0.25, 0.3) is 10.0 Å². The van der Waals surface area contributed by atoms with Gasteiger partial charge in [0.15, 0.2) is 5.75 Å². The molecule has 0 aliphatic carbocycles. The lowest BCUT2D eigenvalue weighted by atomic mass is 10.3. The van der Waals surface area contributed by atoms with Crippen LogP contribution in [0.1, 0.15) is 0 Å². The van der Waals surface area contributed by atoms with Gasteiger partial charge in [-0.2, -0.15) is 0 Å². The van der Waals surface area contributed by atoms with Gasteiger partial charge in [-0.3, -0.25) is 4.72 Å². The summed E-state index contributed by atoms with van der Waals surface area (Å²) < 4.78 is 73.5. The first-order valence-electron chi connectivity index (χ1n) is 8.97. The second-order valence-corrected chi connectivity index (χ2v) is 8.19. The van der Waals surface area contributed by atoms with Gasteiger partial charge in [-0.25, -0.2) is 13.2 Å². The van der Waals surface area contributed by atoms with Crippen LogP contribution in [0.5, 0.6) is 17.2 Å². The fraction of sp³-hybridized carbons (Fsp3) is 0.0500. The summed E-state index contributed by atoms with van der Waals surface area (Å²) in [6, 6.07) is 14.8. The molecule has 1 heterocycles. The topological polar surface area (TPSA) is 113 Å². The quantitative estimate of drug-likeness (QED) is 0.392. The Balaban J connectivity index is 1.47. The maximum absolute atomic E-state index is 12.5. The summed E-state index contributed by atoms with van der Waals surface area (Å²) in [6.45, 7) is 0. The van der Waals surface area contributed by atoms with Crippen molar-refractivity contribution in [2.24, 2.45) is 0 Å². The van der Waals surface area contributed by atoms with Crippen LogP contribution in [0.2, 0.25) is 0 Å². The number of rotatable bonds is 6. The molecule has 32 heavy (non-hydrogen) atoms. The number of aromatic nitrogens is 2. The van der Waals surface area contributed by atoms with E-state index in [1.807, 2.05) is 0 Å². The molecule has 12 heteroatoms. The minimum Gasteiger partial charge on any atom is -0.455 e. The Labute approximate surface area is 178 Å². The second-order valence-electron chi connectivity index (χ2n) is 6.51. The zero-order valence-corrected chi connectivity index (χ0v) is 16.8. The van der Waals surface area contributed by atoms with Gasteiger partial charge < -0.3 is 19.4 Å². The van der Waals surface area contributed by atoms with E-state index in [1.54, 1.807) is 18.2 Å². The van der Waals surface area contributed by atoms with E-state index < -0.39 is 22.1 Å². The van der Waals surface area contributed by atoms with Gasteiger partial charge in [-0.15, -0.1) is 13.2 Å². The molecule has 0 radical (unpaired) electrons. The Morgan fingerprint density at radius 1 is 0.844 bits per heavy atom. The van der Waals surface area contributed by atoms with E-state index in [0.29, 0.717) is 22.5 Å². The Morgan fingerprint density at radius 2 is 1.50 bits per heavy atom. The summed E-state index contributed by atoms with van der Waals surface area (Å²) in [5.74, 6) is 0.253. The summed E-state index contributed by atoms with van der Waals surface area (Å²) in [5.41, 5.74) is 0.892. The van der Waals surface area contributed by atoms with E-state index in [2.05, 4.69) is 19.4 Å². The zero-order valence-electron chi connectivity index (χ0n) is 15.9. The van der Waals surface area contributed by atoms with Crippen LogP contribution in [0, 0.1) is 0 Å². The van der Waals surface area contributed by atoms with Crippen LogP contribution in [0.3, 0.4) is 0 Å². The summed E-state index contributed by atoms with van der Waals surface area (Å²) in [5, 5.41) is 0. The fourth-order valence-electron chi connectivity index (χ4n) is 2.87. The van der Waals surface area contributed by atoms with E-state index in [0.717, 1.165) is 24.3 Å².